The van der Waals surface area contributed by atoms with Crippen molar-refractivity contribution in [3.63, 3.8) is 0 Å². The Morgan fingerprint density at radius 2 is 1.65 bits per heavy atom. The maximum atomic E-state index is 12.4. The zero-order chi connectivity index (χ0) is 18.4. The highest BCUT2D eigenvalue weighted by molar-refractivity contribution is 5.73. The molecule has 2 aromatic carbocycles. The molecule has 1 unspecified atom stereocenters. The van der Waals surface area contributed by atoms with Gasteiger partial charge >= 0.3 is 5.97 Å². The predicted octanol–water partition coefficient (Wildman–Crippen LogP) is 4.98. The molecule has 0 aliphatic heterocycles. The van der Waals surface area contributed by atoms with E-state index in [1.807, 2.05) is 6.07 Å². The predicted molar refractivity (Wildman–Crippen MR) is 105 cm³/mol. The van der Waals surface area contributed by atoms with Gasteiger partial charge in [-0.05, 0) is 30.9 Å². The molecule has 1 saturated carbocycles. The highest BCUT2D eigenvalue weighted by atomic mass is 16.5. The molecule has 138 valence electrons. The van der Waals surface area contributed by atoms with Crippen LogP contribution in [0.4, 0.5) is 0 Å². The molecular weight excluding hydrogens is 322 g/mol. The zero-order valence-corrected chi connectivity index (χ0v) is 15.8. The highest BCUT2D eigenvalue weighted by Crippen LogP contribution is 2.35. The summed E-state index contributed by atoms with van der Waals surface area (Å²) in [4.78, 5) is 14.9. The molecule has 0 spiro atoms. The fraction of sp³-hybridized carbons (Fsp3) is 0.435. The van der Waals surface area contributed by atoms with Crippen LogP contribution in [0.1, 0.15) is 49.8 Å². The van der Waals surface area contributed by atoms with Crippen LogP contribution in [0.5, 0.6) is 0 Å². The van der Waals surface area contributed by atoms with Gasteiger partial charge in [0.15, 0.2) is 0 Å². The Labute approximate surface area is 157 Å². The number of benzene rings is 2. The molecule has 3 atom stereocenters. The Bertz CT molecular complexity index is 686. The largest absolute Gasteiger partial charge is 0.469 e. The Kier molecular flexibility index (Phi) is 6.45. The number of nitrogens with zero attached hydrogens (tertiary/aromatic N) is 1. The van der Waals surface area contributed by atoms with E-state index in [4.69, 9.17) is 4.74 Å². The summed E-state index contributed by atoms with van der Waals surface area (Å²) in [5, 5.41) is 0. The summed E-state index contributed by atoms with van der Waals surface area (Å²) in [6.45, 7) is 3.09. The first-order valence-corrected chi connectivity index (χ1v) is 9.63. The van der Waals surface area contributed by atoms with Gasteiger partial charge in [-0.3, -0.25) is 9.69 Å². The SMILES string of the molecule is COC(=O)[C@@H]1CCCC[C@H]1N(Cc1ccccc1)C(C)c1ccccc1. The Hall–Kier alpha value is -2.13. The van der Waals surface area contributed by atoms with Crippen molar-refractivity contribution in [2.75, 3.05) is 7.11 Å². The molecule has 0 N–H and O–H groups in total. The van der Waals surface area contributed by atoms with E-state index >= 15 is 0 Å². The molecule has 0 amide bonds. The van der Waals surface area contributed by atoms with Crippen molar-refractivity contribution < 1.29 is 9.53 Å². The van der Waals surface area contributed by atoms with Crippen molar-refractivity contribution in [2.24, 2.45) is 5.92 Å². The minimum Gasteiger partial charge on any atom is -0.469 e. The summed E-state index contributed by atoms with van der Waals surface area (Å²) >= 11 is 0. The van der Waals surface area contributed by atoms with Gasteiger partial charge in [0.1, 0.15) is 0 Å². The van der Waals surface area contributed by atoms with Crippen molar-refractivity contribution in [2.45, 2.75) is 51.2 Å². The minimum absolute atomic E-state index is 0.0383. The summed E-state index contributed by atoms with van der Waals surface area (Å²) in [7, 11) is 1.51. The maximum absolute atomic E-state index is 12.4. The monoisotopic (exact) mass is 351 g/mol. The van der Waals surface area contributed by atoms with E-state index in [-0.39, 0.29) is 24.0 Å². The van der Waals surface area contributed by atoms with Crippen LogP contribution >= 0.6 is 0 Å². The van der Waals surface area contributed by atoms with Crippen molar-refractivity contribution in [3.05, 3.63) is 71.8 Å². The first-order valence-electron chi connectivity index (χ1n) is 9.63. The summed E-state index contributed by atoms with van der Waals surface area (Å²) in [6.07, 6.45) is 4.24. The molecule has 0 bridgehead atoms. The normalized spacial score (nSPS) is 21.3. The van der Waals surface area contributed by atoms with Gasteiger partial charge in [0, 0.05) is 18.6 Å². The number of carbonyl (C=O) groups excluding carboxylic acids is 1. The number of methoxy groups -OCH3 is 1. The topological polar surface area (TPSA) is 29.5 Å². The molecular formula is C23H29NO2. The molecule has 1 aliphatic carbocycles. The average Bonchev–Trinajstić information content (AvgIpc) is 2.72. The number of hydrogen-bond donors (Lipinski definition) is 0. The second kappa shape index (κ2) is 9.00. The Morgan fingerprint density at radius 3 is 2.31 bits per heavy atom. The molecule has 3 heteroatoms. The lowest BCUT2D eigenvalue weighted by Crippen LogP contribution is -2.46. The van der Waals surface area contributed by atoms with Crippen LogP contribution in [0.15, 0.2) is 60.7 Å². The van der Waals surface area contributed by atoms with Gasteiger partial charge in [-0.15, -0.1) is 0 Å². The summed E-state index contributed by atoms with van der Waals surface area (Å²) in [6, 6.07) is 21.6. The van der Waals surface area contributed by atoms with Crippen LogP contribution in [0.25, 0.3) is 0 Å². The first kappa shape index (κ1) is 18.7. The number of ether oxygens (including phenoxy) is 1. The molecule has 0 heterocycles. The summed E-state index contributed by atoms with van der Waals surface area (Å²) < 4.78 is 5.14. The zero-order valence-electron chi connectivity index (χ0n) is 15.8. The fourth-order valence-electron chi connectivity index (χ4n) is 4.19. The number of esters is 1. The van der Waals surface area contributed by atoms with Gasteiger partial charge < -0.3 is 4.74 Å². The average molecular weight is 351 g/mol. The lowest BCUT2D eigenvalue weighted by atomic mass is 9.82. The second-order valence-corrected chi connectivity index (χ2v) is 7.23. The van der Waals surface area contributed by atoms with Crippen molar-refractivity contribution in [3.8, 4) is 0 Å². The van der Waals surface area contributed by atoms with E-state index in [1.165, 1.54) is 24.7 Å². The van der Waals surface area contributed by atoms with Gasteiger partial charge in [0.25, 0.3) is 0 Å². The number of carbonyl (C=O) groups is 1. The first-order chi connectivity index (χ1) is 12.7. The van der Waals surface area contributed by atoms with Gasteiger partial charge in [0.05, 0.1) is 13.0 Å². The fourth-order valence-corrected chi connectivity index (χ4v) is 4.19. The quantitative estimate of drug-likeness (QED) is 0.687. The highest BCUT2D eigenvalue weighted by Gasteiger charge is 2.37. The van der Waals surface area contributed by atoms with Gasteiger partial charge in [-0.25, -0.2) is 0 Å². The van der Waals surface area contributed by atoms with Gasteiger partial charge in [-0.2, -0.15) is 0 Å². The second-order valence-electron chi connectivity index (χ2n) is 7.23. The van der Waals surface area contributed by atoms with Crippen LogP contribution < -0.4 is 0 Å². The van der Waals surface area contributed by atoms with Crippen LogP contribution in [0.2, 0.25) is 0 Å². The molecule has 26 heavy (non-hydrogen) atoms. The van der Waals surface area contributed by atoms with E-state index in [9.17, 15) is 4.79 Å². The van der Waals surface area contributed by atoms with Crippen molar-refractivity contribution >= 4 is 5.97 Å². The molecule has 3 rings (SSSR count). The van der Waals surface area contributed by atoms with Crippen LogP contribution in [0, 0.1) is 5.92 Å². The lowest BCUT2D eigenvalue weighted by Gasteiger charge is -2.42. The lowest BCUT2D eigenvalue weighted by molar-refractivity contribution is -0.150. The van der Waals surface area contributed by atoms with Crippen LogP contribution in [-0.4, -0.2) is 24.0 Å². The third-order valence-corrected chi connectivity index (χ3v) is 5.65. The molecule has 1 aliphatic rings. The maximum Gasteiger partial charge on any atom is 0.310 e. The van der Waals surface area contributed by atoms with E-state index in [0.29, 0.717) is 0 Å². The standard InChI is InChI=1S/C23H29NO2/c1-18(20-13-7-4-8-14-20)24(17-19-11-5-3-6-12-19)22-16-10-9-15-21(22)23(25)26-2/h3-8,11-14,18,21-22H,9-10,15-17H2,1-2H3/t18?,21-,22-/m1/s1. The molecule has 2 aromatic rings. The molecule has 0 radical (unpaired) electrons. The van der Waals surface area contributed by atoms with Crippen molar-refractivity contribution in [1.29, 1.82) is 0 Å². The smallest absolute Gasteiger partial charge is 0.310 e. The number of rotatable bonds is 6. The molecule has 0 saturated heterocycles. The van der Waals surface area contributed by atoms with Crippen LogP contribution in [0.3, 0.4) is 0 Å². The van der Waals surface area contributed by atoms with E-state index in [2.05, 4.69) is 66.4 Å². The Balaban J connectivity index is 1.91. The molecule has 1 fully saturated rings. The van der Waals surface area contributed by atoms with Crippen molar-refractivity contribution in [1.82, 2.24) is 4.90 Å². The Morgan fingerprint density at radius 1 is 1.04 bits per heavy atom. The summed E-state index contributed by atoms with van der Waals surface area (Å²) in [5.74, 6) is -0.100. The molecule has 0 aromatic heterocycles. The van der Waals surface area contributed by atoms with Gasteiger partial charge in [0.2, 0.25) is 0 Å². The number of hydrogen-bond acceptors (Lipinski definition) is 3. The van der Waals surface area contributed by atoms with E-state index in [0.717, 1.165) is 25.8 Å². The third-order valence-electron chi connectivity index (χ3n) is 5.65. The third kappa shape index (κ3) is 4.34. The minimum atomic E-state index is -0.0620. The van der Waals surface area contributed by atoms with E-state index < -0.39 is 0 Å². The van der Waals surface area contributed by atoms with Crippen LogP contribution in [-0.2, 0) is 16.1 Å². The summed E-state index contributed by atoms with van der Waals surface area (Å²) in [5.41, 5.74) is 2.57. The molecule has 3 nitrogen and oxygen atoms in total. The van der Waals surface area contributed by atoms with E-state index in [1.54, 1.807) is 0 Å². The van der Waals surface area contributed by atoms with Gasteiger partial charge in [-0.1, -0.05) is 73.5 Å².